The summed E-state index contributed by atoms with van der Waals surface area (Å²) in [7, 11) is 0. The Kier molecular flexibility index (Phi) is 5.99. The Morgan fingerprint density at radius 1 is 1.23 bits per heavy atom. The van der Waals surface area contributed by atoms with Crippen LogP contribution in [-0.4, -0.2) is 38.4 Å². The zero-order valence-corrected chi connectivity index (χ0v) is 20.1. The first kappa shape index (κ1) is 22.1. The highest BCUT2D eigenvalue weighted by Gasteiger charge is 2.23. The molecule has 0 saturated heterocycles. The number of benzene rings is 1. The predicted molar refractivity (Wildman–Crippen MR) is 127 cm³/mol. The number of imidazole rings is 1. The quantitative estimate of drug-likeness (QED) is 0.284. The Labute approximate surface area is 194 Å². The van der Waals surface area contributed by atoms with Crippen LogP contribution in [0.15, 0.2) is 12.1 Å². The molecule has 0 unspecified atom stereocenters. The van der Waals surface area contributed by atoms with E-state index in [1.165, 1.54) is 0 Å². The van der Waals surface area contributed by atoms with Crippen LogP contribution in [0.25, 0.3) is 11.2 Å². The van der Waals surface area contributed by atoms with Gasteiger partial charge in [0, 0.05) is 41.6 Å². The van der Waals surface area contributed by atoms with Gasteiger partial charge in [-0.3, -0.25) is 4.79 Å². The monoisotopic (exact) mass is 536 g/mol. The van der Waals surface area contributed by atoms with Crippen LogP contribution in [0.5, 0.6) is 0 Å². The fraction of sp³-hybridized carbons (Fsp3) is 0.455. The molecule has 3 N–H and O–H groups in total. The van der Waals surface area contributed by atoms with Gasteiger partial charge in [-0.1, -0.05) is 20.8 Å². The second-order valence-corrected chi connectivity index (χ2v) is 10.3. The minimum Gasteiger partial charge on any atom is -0.382 e. The highest BCUT2D eigenvalue weighted by atomic mass is 127. The first-order valence-corrected chi connectivity index (χ1v) is 11.4. The molecular weight excluding hydrogens is 510 g/mol. The number of fused-ring (bicyclic) bond motifs is 2. The Balaban J connectivity index is 1.69. The van der Waals surface area contributed by atoms with Gasteiger partial charge >= 0.3 is 6.08 Å². The predicted octanol–water partition coefficient (Wildman–Crippen LogP) is 3.51. The molecular formula is C22H26FIN6O. The molecule has 4 rings (SSSR count). The number of nitrogens with two attached hydrogens (primary N) is 1. The van der Waals surface area contributed by atoms with Gasteiger partial charge in [-0.25, -0.2) is 4.98 Å². The lowest BCUT2D eigenvalue weighted by Crippen LogP contribution is -2.30. The fourth-order valence-electron chi connectivity index (χ4n) is 3.88. The number of hydrogen-bond acceptors (Lipinski definition) is 6. The highest BCUT2D eigenvalue weighted by Crippen LogP contribution is 2.29. The van der Waals surface area contributed by atoms with Crippen LogP contribution in [0.1, 0.15) is 54.5 Å². The van der Waals surface area contributed by atoms with Gasteiger partial charge < -0.3 is 15.6 Å². The molecule has 0 saturated carbocycles. The topological polar surface area (TPSA) is 98.7 Å². The fourth-order valence-corrected chi connectivity index (χ4v) is 4.60. The third kappa shape index (κ3) is 4.72. The lowest BCUT2D eigenvalue weighted by molar-refractivity contribution is 0.0994. The van der Waals surface area contributed by atoms with Crippen LogP contribution in [0.3, 0.4) is 0 Å². The SMILES string of the molecule is CC(C)(C)CNCCn1c(Cc2cc3c(cc2I)CCC3=O)nc2c(N)nc(F)nc21. The number of nitrogens with one attached hydrogen (secondary N) is 1. The van der Waals surface area contributed by atoms with Gasteiger partial charge in [0.2, 0.25) is 0 Å². The first-order valence-electron chi connectivity index (χ1n) is 10.4. The van der Waals surface area contributed by atoms with Crippen molar-refractivity contribution >= 4 is 45.4 Å². The Bertz CT molecular complexity index is 1170. The number of Topliss-reactive ketones (excluding diaryl/α,β-unsaturated/α-hetero) is 1. The number of anilines is 1. The van der Waals surface area contributed by atoms with Crippen LogP contribution < -0.4 is 11.1 Å². The first-order chi connectivity index (χ1) is 14.6. The van der Waals surface area contributed by atoms with Gasteiger partial charge in [0.1, 0.15) is 5.82 Å². The van der Waals surface area contributed by atoms with E-state index in [-0.39, 0.29) is 17.0 Å². The lowest BCUT2D eigenvalue weighted by atomic mass is 9.97. The molecule has 9 heteroatoms. The van der Waals surface area contributed by atoms with E-state index in [1.54, 1.807) is 0 Å². The number of hydrogen-bond donors (Lipinski definition) is 2. The zero-order valence-electron chi connectivity index (χ0n) is 17.9. The molecule has 0 fully saturated rings. The smallest absolute Gasteiger partial charge is 0.312 e. The van der Waals surface area contributed by atoms with E-state index in [2.05, 4.69) is 69.7 Å². The van der Waals surface area contributed by atoms with Gasteiger partial charge in [0.25, 0.3) is 0 Å². The van der Waals surface area contributed by atoms with E-state index >= 15 is 0 Å². The number of aryl methyl sites for hydroxylation is 1. The van der Waals surface area contributed by atoms with Crippen LogP contribution in [0.4, 0.5) is 10.2 Å². The summed E-state index contributed by atoms with van der Waals surface area (Å²) in [6.07, 6.45) is 1.000. The zero-order chi connectivity index (χ0) is 22.3. The molecule has 2 aromatic heterocycles. The molecule has 0 bridgehead atoms. The van der Waals surface area contributed by atoms with E-state index in [1.807, 2.05) is 10.6 Å². The summed E-state index contributed by atoms with van der Waals surface area (Å²) in [5, 5.41) is 3.44. The lowest BCUT2D eigenvalue weighted by Gasteiger charge is -2.19. The minimum atomic E-state index is -0.863. The van der Waals surface area contributed by atoms with Crippen molar-refractivity contribution in [3.8, 4) is 0 Å². The van der Waals surface area contributed by atoms with Crippen molar-refractivity contribution in [2.75, 3.05) is 18.8 Å². The Hall–Kier alpha value is -2.14. The van der Waals surface area contributed by atoms with E-state index in [9.17, 15) is 9.18 Å². The average molecular weight is 536 g/mol. The Morgan fingerprint density at radius 2 is 2.00 bits per heavy atom. The third-order valence-electron chi connectivity index (χ3n) is 5.38. The summed E-state index contributed by atoms with van der Waals surface area (Å²) in [6.45, 7) is 8.60. The largest absolute Gasteiger partial charge is 0.382 e. The number of carbonyl (C=O) groups is 1. The molecule has 0 amide bonds. The maximum atomic E-state index is 13.9. The highest BCUT2D eigenvalue weighted by molar-refractivity contribution is 14.1. The van der Waals surface area contributed by atoms with Crippen molar-refractivity contribution in [1.82, 2.24) is 24.8 Å². The molecule has 0 spiro atoms. The van der Waals surface area contributed by atoms with Crippen LogP contribution in [0, 0.1) is 15.1 Å². The van der Waals surface area contributed by atoms with Crippen molar-refractivity contribution in [3.63, 3.8) is 0 Å². The molecule has 2 heterocycles. The van der Waals surface area contributed by atoms with Crippen molar-refractivity contribution in [1.29, 1.82) is 0 Å². The number of ketones is 1. The van der Waals surface area contributed by atoms with Crippen molar-refractivity contribution in [2.24, 2.45) is 5.41 Å². The van der Waals surface area contributed by atoms with Crippen molar-refractivity contribution in [3.05, 3.63) is 44.3 Å². The standard InChI is InChI=1S/C22H26FIN6O/c1-22(2,3)11-26-6-7-30-17(27-18-19(25)28-21(23)29-20(18)30)10-13-8-14-12(9-15(13)24)4-5-16(14)31/h8-9,26H,4-7,10-11H2,1-3H3,(H2,25,28,29). The van der Waals surface area contributed by atoms with Crippen LogP contribution in [0.2, 0.25) is 0 Å². The van der Waals surface area contributed by atoms with Gasteiger partial charge in [-0.05, 0) is 57.7 Å². The van der Waals surface area contributed by atoms with Gasteiger partial charge in [-0.15, -0.1) is 0 Å². The maximum Gasteiger partial charge on any atom is 0.312 e. The molecule has 0 atom stereocenters. The number of aromatic nitrogens is 4. The van der Waals surface area contributed by atoms with Crippen molar-refractivity contribution < 1.29 is 9.18 Å². The summed E-state index contributed by atoms with van der Waals surface area (Å²) in [6, 6.07) is 4.06. The summed E-state index contributed by atoms with van der Waals surface area (Å²) >= 11 is 2.30. The second-order valence-electron chi connectivity index (χ2n) is 9.17. The molecule has 164 valence electrons. The van der Waals surface area contributed by atoms with Crippen molar-refractivity contribution in [2.45, 2.75) is 46.6 Å². The third-order valence-corrected chi connectivity index (χ3v) is 6.39. The van der Waals surface area contributed by atoms with E-state index in [0.29, 0.717) is 37.1 Å². The van der Waals surface area contributed by atoms with Crippen LogP contribution >= 0.6 is 22.6 Å². The molecule has 31 heavy (non-hydrogen) atoms. The number of halogens is 2. The number of rotatable bonds is 6. The summed E-state index contributed by atoms with van der Waals surface area (Å²) in [5.41, 5.74) is 9.81. The van der Waals surface area contributed by atoms with E-state index < -0.39 is 6.08 Å². The normalized spacial score (nSPS) is 13.9. The second kappa shape index (κ2) is 8.42. The molecule has 1 aliphatic rings. The van der Waals surface area contributed by atoms with E-state index in [0.717, 1.165) is 39.1 Å². The molecule has 1 aromatic carbocycles. The maximum absolute atomic E-state index is 13.9. The molecule has 0 aliphatic heterocycles. The van der Waals surface area contributed by atoms with Crippen LogP contribution in [-0.2, 0) is 19.4 Å². The average Bonchev–Trinajstić information content (AvgIpc) is 3.19. The Morgan fingerprint density at radius 3 is 2.74 bits per heavy atom. The number of nitrogens with zero attached hydrogens (tertiary/aromatic N) is 4. The van der Waals surface area contributed by atoms with Gasteiger partial charge in [-0.2, -0.15) is 14.4 Å². The summed E-state index contributed by atoms with van der Waals surface area (Å²) in [5.74, 6) is 0.941. The number of carbonyl (C=O) groups excluding carboxylic acids is 1. The summed E-state index contributed by atoms with van der Waals surface area (Å²) in [4.78, 5) is 24.5. The molecule has 0 radical (unpaired) electrons. The van der Waals surface area contributed by atoms with Gasteiger partial charge in [0.15, 0.2) is 22.8 Å². The molecule has 3 aromatic rings. The number of nitrogen functional groups attached to an aromatic ring is 1. The van der Waals surface area contributed by atoms with E-state index in [4.69, 9.17) is 5.73 Å². The minimum absolute atomic E-state index is 0.0315. The molecule has 1 aliphatic carbocycles. The van der Waals surface area contributed by atoms with Gasteiger partial charge in [0.05, 0.1) is 0 Å². The summed E-state index contributed by atoms with van der Waals surface area (Å²) < 4.78 is 16.9. The molecule has 7 nitrogen and oxygen atoms in total.